The van der Waals surface area contributed by atoms with E-state index in [2.05, 4.69) is 20.5 Å². The van der Waals surface area contributed by atoms with E-state index in [4.69, 9.17) is 9.47 Å². The number of ether oxygens (including phenoxy) is 2. The Morgan fingerprint density at radius 2 is 2.23 bits per heavy atom. The first-order valence-electron chi connectivity index (χ1n) is 12.2. The molecular weight excluding hydrogens is 444 g/mol. The number of nitrogens with one attached hydrogen (secondary N) is 2. The Balaban J connectivity index is 1.15. The molecule has 3 aromatic rings. The molecule has 8 heteroatoms. The van der Waals surface area contributed by atoms with E-state index in [1.54, 1.807) is 13.3 Å². The summed E-state index contributed by atoms with van der Waals surface area (Å²) < 4.78 is 10.8. The van der Waals surface area contributed by atoms with E-state index < -0.39 is 6.10 Å². The highest BCUT2D eigenvalue weighted by atomic mass is 16.5. The highest BCUT2D eigenvalue weighted by molar-refractivity contribution is 5.95. The molecule has 3 N–H and O–H groups in total. The quantitative estimate of drug-likeness (QED) is 0.460. The molecule has 35 heavy (non-hydrogen) atoms. The molecule has 1 aromatic heterocycles. The van der Waals surface area contributed by atoms with Gasteiger partial charge in [0.25, 0.3) is 5.91 Å². The average molecular weight is 477 g/mol. The SMILES string of the molecule is COc1cnc2cccc(C(O)CN3CCCC(CNCc4ccc5c(c4)NC(=O)CO5)C3)c2c1. The predicted octanol–water partition coefficient (Wildman–Crippen LogP) is 3.11. The molecule has 1 amide bonds. The van der Waals surface area contributed by atoms with Crippen LogP contribution in [-0.2, 0) is 11.3 Å². The van der Waals surface area contributed by atoms with Crippen molar-refractivity contribution in [2.45, 2.75) is 25.5 Å². The van der Waals surface area contributed by atoms with Crippen molar-refractivity contribution in [2.24, 2.45) is 5.92 Å². The summed E-state index contributed by atoms with van der Waals surface area (Å²) >= 11 is 0. The number of aliphatic hydroxyl groups excluding tert-OH is 1. The smallest absolute Gasteiger partial charge is 0.262 e. The topological polar surface area (TPSA) is 96.0 Å². The van der Waals surface area contributed by atoms with Crippen LogP contribution in [0, 0.1) is 5.92 Å². The molecule has 184 valence electrons. The Hall–Kier alpha value is -3.20. The van der Waals surface area contributed by atoms with Gasteiger partial charge in [-0.05, 0) is 67.2 Å². The predicted molar refractivity (Wildman–Crippen MR) is 135 cm³/mol. The summed E-state index contributed by atoms with van der Waals surface area (Å²) in [5, 5.41) is 18.5. The number of aromatic nitrogens is 1. The number of aliphatic hydroxyl groups is 1. The first kappa shape index (κ1) is 23.5. The van der Waals surface area contributed by atoms with Crippen LogP contribution in [-0.4, -0.2) is 60.8 Å². The molecular formula is C27H32N4O4. The van der Waals surface area contributed by atoms with E-state index in [9.17, 15) is 9.90 Å². The lowest BCUT2D eigenvalue weighted by Gasteiger charge is -2.34. The van der Waals surface area contributed by atoms with Crippen molar-refractivity contribution < 1.29 is 19.4 Å². The first-order chi connectivity index (χ1) is 17.1. The van der Waals surface area contributed by atoms with Crippen LogP contribution in [0.2, 0.25) is 0 Å². The maximum absolute atomic E-state index is 11.6. The van der Waals surface area contributed by atoms with Gasteiger partial charge in [0.05, 0.1) is 30.6 Å². The van der Waals surface area contributed by atoms with Gasteiger partial charge in [0, 0.05) is 25.0 Å². The second-order valence-electron chi connectivity index (χ2n) is 9.37. The number of pyridine rings is 1. The second kappa shape index (κ2) is 10.6. The number of amides is 1. The minimum Gasteiger partial charge on any atom is -0.495 e. The Labute approximate surface area is 205 Å². The van der Waals surface area contributed by atoms with Crippen molar-refractivity contribution in [3.8, 4) is 11.5 Å². The van der Waals surface area contributed by atoms with E-state index in [0.29, 0.717) is 18.2 Å². The van der Waals surface area contributed by atoms with Crippen LogP contribution in [0.3, 0.4) is 0 Å². The highest BCUT2D eigenvalue weighted by Gasteiger charge is 2.23. The van der Waals surface area contributed by atoms with Gasteiger partial charge in [-0.25, -0.2) is 0 Å². The second-order valence-corrected chi connectivity index (χ2v) is 9.37. The molecule has 2 aromatic carbocycles. The summed E-state index contributed by atoms with van der Waals surface area (Å²) in [4.78, 5) is 18.4. The fraction of sp³-hybridized carbons (Fsp3) is 0.407. The normalized spacial score (nSPS) is 19.0. The van der Waals surface area contributed by atoms with Crippen LogP contribution in [0.25, 0.3) is 10.9 Å². The number of benzene rings is 2. The van der Waals surface area contributed by atoms with Gasteiger partial charge in [0.2, 0.25) is 0 Å². The van der Waals surface area contributed by atoms with E-state index in [0.717, 1.165) is 66.1 Å². The third-order valence-electron chi connectivity index (χ3n) is 6.80. The van der Waals surface area contributed by atoms with Gasteiger partial charge >= 0.3 is 0 Å². The Morgan fingerprint density at radius 3 is 3.11 bits per heavy atom. The summed E-state index contributed by atoms with van der Waals surface area (Å²) in [6.07, 6.45) is 3.40. The Bertz CT molecular complexity index is 1200. The van der Waals surface area contributed by atoms with Crippen molar-refractivity contribution in [2.75, 3.05) is 45.2 Å². The number of hydrogen-bond acceptors (Lipinski definition) is 7. The fourth-order valence-electron chi connectivity index (χ4n) is 5.04. The molecule has 0 saturated carbocycles. The zero-order valence-corrected chi connectivity index (χ0v) is 20.0. The molecule has 1 fully saturated rings. The van der Waals surface area contributed by atoms with Gasteiger partial charge in [-0.2, -0.15) is 0 Å². The van der Waals surface area contributed by atoms with E-state index in [1.165, 1.54) is 6.42 Å². The van der Waals surface area contributed by atoms with Crippen LogP contribution in [0.5, 0.6) is 11.5 Å². The molecule has 2 atom stereocenters. The summed E-state index contributed by atoms with van der Waals surface area (Å²) in [7, 11) is 1.63. The molecule has 0 spiro atoms. The zero-order chi connectivity index (χ0) is 24.2. The highest BCUT2D eigenvalue weighted by Crippen LogP contribution is 2.29. The lowest BCUT2D eigenvalue weighted by atomic mass is 9.96. The van der Waals surface area contributed by atoms with Crippen LogP contribution in [0.15, 0.2) is 48.7 Å². The third-order valence-corrected chi connectivity index (χ3v) is 6.80. The van der Waals surface area contributed by atoms with Gasteiger partial charge < -0.3 is 30.1 Å². The number of rotatable bonds is 8. The zero-order valence-electron chi connectivity index (χ0n) is 20.0. The monoisotopic (exact) mass is 476 g/mol. The Morgan fingerprint density at radius 1 is 1.31 bits per heavy atom. The molecule has 0 radical (unpaired) electrons. The minimum absolute atomic E-state index is 0.0725. The lowest BCUT2D eigenvalue weighted by Crippen LogP contribution is -2.41. The van der Waals surface area contributed by atoms with Gasteiger partial charge in [-0.3, -0.25) is 9.78 Å². The number of nitrogens with zero attached hydrogens (tertiary/aromatic N) is 2. The summed E-state index contributed by atoms with van der Waals surface area (Å²) in [6, 6.07) is 13.7. The van der Waals surface area contributed by atoms with Gasteiger partial charge in [-0.15, -0.1) is 0 Å². The lowest BCUT2D eigenvalue weighted by molar-refractivity contribution is -0.118. The van der Waals surface area contributed by atoms with Crippen LogP contribution < -0.4 is 20.1 Å². The molecule has 5 rings (SSSR count). The number of methoxy groups -OCH3 is 1. The molecule has 2 aliphatic rings. The number of β-amino-alcohol motifs (C(OH)–C–C–N with tert-alkyl or cyclic N) is 1. The first-order valence-corrected chi connectivity index (χ1v) is 12.2. The molecule has 0 bridgehead atoms. The number of fused-ring (bicyclic) bond motifs is 2. The average Bonchev–Trinajstić information content (AvgIpc) is 2.88. The standard InChI is InChI=1S/C27H32N4O4/c1-34-20-11-22-21(5-2-6-23(22)29-14-20)25(32)16-31-9-3-4-19(15-31)13-28-12-18-7-8-26-24(10-18)30-27(33)17-35-26/h2,5-8,10-11,14,19,25,28,32H,3-4,9,12-13,15-17H2,1H3,(H,30,33). The molecule has 0 aliphatic carbocycles. The van der Waals surface area contributed by atoms with Crippen molar-refractivity contribution in [3.05, 3.63) is 59.8 Å². The molecule has 2 aliphatic heterocycles. The fourth-order valence-corrected chi connectivity index (χ4v) is 5.04. The Kier molecular flexibility index (Phi) is 7.13. The molecule has 3 heterocycles. The van der Waals surface area contributed by atoms with Gasteiger partial charge in [-0.1, -0.05) is 18.2 Å². The van der Waals surface area contributed by atoms with Crippen LogP contribution >= 0.6 is 0 Å². The van der Waals surface area contributed by atoms with Crippen molar-refractivity contribution in [3.63, 3.8) is 0 Å². The number of likely N-dealkylation sites (tertiary alicyclic amines) is 1. The maximum Gasteiger partial charge on any atom is 0.262 e. The maximum atomic E-state index is 11.6. The van der Waals surface area contributed by atoms with Crippen LogP contribution in [0.4, 0.5) is 5.69 Å². The number of carbonyl (C=O) groups excluding carboxylic acids is 1. The summed E-state index contributed by atoms with van der Waals surface area (Å²) in [5.41, 5.74) is 3.59. The number of carbonyl (C=O) groups is 1. The van der Waals surface area contributed by atoms with E-state index >= 15 is 0 Å². The summed E-state index contributed by atoms with van der Waals surface area (Å²) in [5.74, 6) is 1.81. The third kappa shape index (κ3) is 5.56. The van der Waals surface area contributed by atoms with Crippen molar-refractivity contribution >= 4 is 22.5 Å². The number of piperidine rings is 1. The number of anilines is 1. The van der Waals surface area contributed by atoms with Gasteiger partial charge in [0.15, 0.2) is 6.61 Å². The summed E-state index contributed by atoms with van der Waals surface area (Å²) in [6.45, 7) is 4.24. The van der Waals surface area contributed by atoms with Crippen LogP contribution in [0.1, 0.15) is 30.1 Å². The van der Waals surface area contributed by atoms with Crippen molar-refractivity contribution in [1.82, 2.24) is 15.2 Å². The van der Waals surface area contributed by atoms with E-state index in [1.807, 2.05) is 42.5 Å². The molecule has 1 saturated heterocycles. The van der Waals surface area contributed by atoms with Crippen molar-refractivity contribution in [1.29, 1.82) is 0 Å². The van der Waals surface area contributed by atoms with E-state index in [-0.39, 0.29) is 12.5 Å². The largest absolute Gasteiger partial charge is 0.495 e. The molecule has 8 nitrogen and oxygen atoms in total. The number of hydrogen-bond donors (Lipinski definition) is 3. The minimum atomic E-state index is -0.591. The molecule has 2 unspecified atom stereocenters. The van der Waals surface area contributed by atoms with Gasteiger partial charge in [0.1, 0.15) is 11.5 Å².